The number of nitrogens with one attached hydrogen (secondary N) is 1. The third-order valence-electron chi connectivity index (χ3n) is 3.65. The minimum absolute atomic E-state index is 0.0855. The molecule has 0 fully saturated rings. The van der Waals surface area contributed by atoms with E-state index >= 15 is 0 Å². The zero-order chi connectivity index (χ0) is 17.0. The molecule has 1 N–H and O–H groups in total. The summed E-state index contributed by atoms with van der Waals surface area (Å²) in [5.41, 5.74) is 1.30. The van der Waals surface area contributed by atoms with E-state index in [1.54, 1.807) is 11.5 Å². The molecule has 1 unspecified atom stereocenters. The molecule has 2 rings (SSSR count). The van der Waals surface area contributed by atoms with Crippen LogP contribution in [0.25, 0.3) is 11.0 Å². The van der Waals surface area contributed by atoms with Crippen LogP contribution in [0, 0.1) is 0 Å². The summed E-state index contributed by atoms with van der Waals surface area (Å²) in [7, 11) is 1.30. The molecule has 0 saturated carbocycles. The van der Waals surface area contributed by atoms with Crippen LogP contribution in [0.4, 0.5) is 0 Å². The molecule has 1 amide bonds. The zero-order valence-corrected chi connectivity index (χ0v) is 13.5. The van der Waals surface area contributed by atoms with Crippen molar-refractivity contribution >= 4 is 22.9 Å². The monoisotopic (exact) mass is 319 g/mol. The number of amides is 1. The van der Waals surface area contributed by atoms with Crippen molar-refractivity contribution < 1.29 is 14.3 Å². The molecule has 1 atom stereocenters. The second kappa shape index (κ2) is 7.13. The van der Waals surface area contributed by atoms with Gasteiger partial charge in [-0.3, -0.25) is 18.7 Å². The lowest BCUT2D eigenvalue weighted by Crippen LogP contribution is -2.38. The van der Waals surface area contributed by atoms with Crippen LogP contribution < -0.4 is 11.0 Å². The molecule has 0 bridgehead atoms. The Bertz CT molecular complexity index is 775. The van der Waals surface area contributed by atoms with Crippen molar-refractivity contribution in [1.82, 2.24) is 14.5 Å². The standard InChI is InChI=1S/C16H21N3O4/c1-4-18-12-7-5-6-8-13(12)19(16(18)22)10-14(20)17-11(2)9-15(21)23-3/h5-8,11H,4,9-10H2,1-3H3,(H,17,20). The predicted octanol–water partition coefficient (Wildman–Crippen LogP) is 0.891. The number of carbonyl (C=O) groups is 2. The first-order valence-corrected chi connectivity index (χ1v) is 7.52. The van der Waals surface area contributed by atoms with Gasteiger partial charge in [-0.1, -0.05) is 12.1 Å². The summed E-state index contributed by atoms with van der Waals surface area (Å²) in [6.45, 7) is 4.05. The van der Waals surface area contributed by atoms with Crippen LogP contribution in [0.15, 0.2) is 29.1 Å². The third-order valence-corrected chi connectivity index (χ3v) is 3.65. The number of rotatable bonds is 6. The van der Waals surface area contributed by atoms with Gasteiger partial charge in [-0.2, -0.15) is 0 Å². The SMILES string of the molecule is CCn1c(=O)n(CC(=O)NC(C)CC(=O)OC)c2ccccc21. The summed E-state index contributed by atoms with van der Waals surface area (Å²) in [4.78, 5) is 35.8. The van der Waals surface area contributed by atoms with E-state index in [-0.39, 0.29) is 30.6 Å². The van der Waals surface area contributed by atoms with Crippen molar-refractivity contribution in [3.05, 3.63) is 34.7 Å². The number of aromatic nitrogens is 2. The fourth-order valence-corrected chi connectivity index (χ4v) is 2.58. The lowest BCUT2D eigenvalue weighted by Gasteiger charge is -2.12. The summed E-state index contributed by atoms with van der Waals surface area (Å²) < 4.78 is 7.64. The minimum Gasteiger partial charge on any atom is -0.469 e. The Hall–Kier alpha value is -2.57. The smallest absolute Gasteiger partial charge is 0.329 e. The molecule has 0 spiro atoms. The number of carbonyl (C=O) groups excluding carboxylic acids is 2. The molecular formula is C16H21N3O4. The van der Waals surface area contributed by atoms with E-state index in [1.165, 1.54) is 11.7 Å². The van der Waals surface area contributed by atoms with E-state index in [0.717, 1.165) is 11.0 Å². The van der Waals surface area contributed by atoms with Crippen LogP contribution in [0.5, 0.6) is 0 Å². The number of ether oxygens (including phenoxy) is 1. The van der Waals surface area contributed by atoms with E-state index < -0.39 is 5.97 Å². The Morgan fingerprint density at radius 2 is 1.83 bits per heavy atom. The van der Waals surface area contributed by atoms with Gasteiger partial charge >= 0.3 is 11.7 Å². The van der Waals surface area contributed by atoms with Gasteiger partial charge in [-0.25, -0.2) is 4.79 Å². The third kappa shape index (κ3) is 3.61. The summed E-state index contributed by atoms with van der Waals surface area (Å²) in [6.07, 6.45) is 0.0911. The van der Waals surface area contributed by atoms with Gasteiger partial charge in [0.25, 0.3) is 0 Å². The first-order chi connectivity index (χ1) is 11.0. The van der Waals surface area contributed by atoms with Gasteiger partial charge in [0.05, 0.1) is 24.6 Å². The van der Waals surface area contributed by atoms with Crippen LogP contribution in [0.2, 0.25) is 0 Å². The molecule has 0 aliphatic heterocycles. The van der Waals surface area contributed by atoms with Gasteiger partial charge in [0.15, 0.2) is 0 Å². The molecule has 0 radical (unpaired) electrons. The maximum atomic E-state index is 12.4. The summed E-state index contributed by atoms with van der Waals surface area (Å²) in [5, 5.41) is 2.70. The Balaban J connectivity index is 2.19. The Kier molecular flexibility index (Phi) is 5.20. The highest BCUT2D eigenvalue weighted by atomic mass is 16.5. The topological polar surface area (TPSA) is 82.3 Å². The molecule has 0 aliphatic rings. The Morgan fingerprint density at radius 1 is 1.22 bits per heavy atom. The van der Waals surface area contributed by atoms with Gasteiger partial charge in [0.2, 0.25) is 5.91 Å². The fourth-order valence-electron chi connectivity index (χ4n) is 2.58. The van der Waals surface area contributed by atoms with Crippen molar-refractivity contribution in [2.24, 2.45) is 0 Å². The number of fused-ring (bicyclic) bond motifs is 1. The van der Waals surface area contributed by atoms with Gasteiger partial charge in [-0.15, -0.1) is 0 Å². The van der Waals surface area contributed by atoms with E-state index in [4.69, 9.17) is 0 Å². The second-order valence-corrected chi connectivity index (χ2v) is 5.35. The molecule has 124 valence electrons. The van der Waals surface area contributed by atoms with Crippen LogP contribution in [-0.4, -0.2) is 34.2 Å². The average Bonchev–Trinajstić information content (AvgIpc) is 2.79. The van der Waals surface area contributed by atoms with E-state index in [9.17, 15) is 14.4 Å². The van der Waals surface area contributed by atoms with Crippen molar-refractivity contribution in [2.45, 2.75) is 39.4 Å². The summed E-state index contributed by atoms with van der Waals surface area (Å²) in [6, 6.07) is 7.00. The highest BCUT2D eigenvalue weighted by molar-refractivity contribution is 5.81. The van der Waals surface area contributed by atoms with Crippen molar-refractivity contribution in [3.63, 3.8) is 0 Å². The normalized spacial score (nSPS) is 12.1. The molecule has 1 aromatic carbocycles. The number of methoxy groups -OCH3 is 1. The molecule has 2 aromatic rings. The Labute approximate surface area is 133 Å². The summed E-state index contributed by atoms with van der Waals surface area (Å²) in [5.74, 6) is -0.708. The molecule has 23 heavy (non-hydrogen) atoms. The maximum absolute atomic E-state index is 12.4. The summed E-state index contributed by atoms with van der Waals surface area (Å²) >= 11 is 0. The maximum Gasteiger partial charge on any atom is 0.329 e. The first kappa shape index (κ1) is 16.8. The van der Waals surface area contributed by atoms with E-state index in [1.807, 2.05) is 31.2 Å². The van der Waals surface area contributed by atoms with Crippen LogP contribution in [-0.2, 0) is 27.4 Å². The second-order valence-electron chi connectivity index (χ2n) is 5.35. The fraction of sp³-hybridized carbons (Fsp3) is 0.438. The highest BCUT2D eigenvalue weighted by Gasteiger charge is 2.16. The van der Waals surface area contributed by atoms with Crippen LogP contribution in [0.3, 0.4) is 0 Å². The van der Waals surface area contributed by atoms with Crippen LogP contribution >= 0.6 is 0 Å². The van der Waals surface area contributed by atoms with Crippen molar-refractivity contribution in [2.75, 3.05) is 7.11 Å². The molecule has 0 saturated heterocycles. The van der Waals surface area contributed by atoms with Gasteiger partial charge in [-0.05, 0) is 26.0 Å². The lowest BCUT2D eigenvalue weighted by atomic mass is 10.2. The predicted molar refractivity (Wildman–Crippen MR) is 86.1 cm³/mol. The van der Waals surface area contributed by atoms with E-state index in [0.29, 0.717) is 6.54 Å². The number of para-hydroxylation sites is 2. The van der Waals surface area contributed by atoms with Gasteiger partial charge in [0, 0.05) is 12.6 Å². The number of imidazole rings is 1. The Morgan fingerprint density at radius 3 is 2.39 bits per heavy atom. The molecular weight excluding hydrogens is 298 g/mol. The average molecular weight is 319 g/mol. The quantitative estimate of drug-likeness (QED) is 0.802. The number of hydrogen-bond donors (Lipinski definition) is 1. The molecule has 7 heteroatoms. The zero-order valence-electron chi connectivity index (χ0n) is 13.5. The number of esters is 1. The molecule has 0 aliphatic carbocycles. The number of aryl methyl sites for hydroxylation is 1. The number of benzene rings is 1. The molecule has 1 heterocycles. The van der Waals surface area contributed by atoms with Gasteiger partial charge in [0.1, 0.15) is 6.54 Å². The highest BCUT2D eigenvalue weighted by Crippen LogP contribution is 2.12. The van der Waals surface area contributed by atoms with Crippen molar-refractivity contribution in [1.29, 1.82) is 0 Å². The molecule has 7 nitrogen and oxygen atoms in total. The van der Waals surface area contributed by atoms with Gasteiger partial charge < -0.3 is 10.1 Å². The van der Waals surface area contributed by atoms with Crippen molar-refractivity contribution in [3.8, 4) is 0 Å². The molecule has 1 aromatic heterocycles. The largest absolute Gasteiger partial charge is 0.469 e. The first-order valence-electron chi connectivity index (χ1n) is 7.52. The lowest BCUT2D eigenvalue weighted by molar-refractivity contribution is -0.141. The number of hydrogen-bond acceptors (Lipinski definition) is 4. The minimum atomic E-state index is -0.391. The number of nitrogens with zero attached hydrogens (tertiary/aromatic N) is 2. The van der Waals surface area contributed by atoms with Crippen LogP contribution in [0.1, 0.15) is 20.3 Å². The van der Waals surface area contributed by atoms with E-state index in [2.05, 4.69) is 10.1 Å².